The van der Waals surface area contributed by atoms with Gasteiger partial charge >= 0.3 is 5.97 Å². The Morgan fingerprint density at radius 1 is 0.815 bits per heavy atom. The van der Waals surface area contributed by atoms with Crippen LogP contribution in [0.25, 0.3) is 0 Å². The summed E-state index contributed by atoms with van der Waals surface area (Å²) in [4.78, 5) is 41.1. The van der Waals surface area contributed by atoms with Crippen molar-refractivity contribution in [2.45, 2.75) is 140 Å². The molecule has 3 aliphatic heterocycles. The fourth-order valence-corrected chi connectivity index (χ4v) is 9.04. The molecular weight excluding hydrogens is 708 g/mol. The first-order chi connectivity index (χ1) is 25.8. The molecule has 0 radical (unpaired) electrons. The second-order valence-electron chi connectivity index (χ2n) is 15.2. The van der Waals surface area contributed by atoms with Crippen LogP contribution >= 0.6 is 0 Å². The zero-order valence-electron chi connectivity index (χ0n) is 30.8. The van der Waals surface area contributed by atoms with E-state index in [0.29, 0.717) is 38.5 Å². The Morgan fingerprint density at radius 2 is 1.41 bits per heavy atom. The summed E-state index contributed by atoms with van der Waals surface area (Å²) in [5.74, 6) is -8.86. The molecule has 15 nitrogen and oxygen atoms in total. The maximum Gasteiger partial charge on any atom is 0.316 e. The van der Waals surface area contributed by atoms with Crippen molar-refractivity contribution in [2.75, 3.05) is 7.11 Å². The lowest BCUT2D eigenvalue weighted by atomic mass is 9.59. The predicted octanol–water partition coefficient (Wildman–Crippen LogP) is 4.03. The monoisotopic (exact) mass is 758 g/mol. The van der Waals surface area contributed by atoms with Gasteiger partial charge in [0.1, 0.15) is 23.2 Å². The number of carbonyl (C=O) groups is 3. The van der Waals surface area contributed by atoms with Crippen LogP contribution in [0.3, 0.4) is 0 Å². The number of methoxy groups -OCH3 is 1. The summed E-state index contributed by atoms with van der Waals surface area (Å²) in [6.45, 7) is 5.39. The zero-order valence-corrected chi connectivity index (χ0v) is 30.8. The van der Waals surface area contributed by atoms with Gasteiger partial charge in [0.25, 0.3) is 0 Å². The number of rotatable bonds is 8. The number of aromatic hydroxyl groups is 1. The molecule has 0 aromatic heterocycles. The topological polar surface area (TPSA) is 217 Å². The molecule has 3 heterocycles. The highest BCUT2D eigenvalue weighted by Crippen LogP contribution is 2.54. The van der Waals surface area contributed by atoms with Gasteiger partial charge < -0.3 is 58.7 Å². The van der Waals surface area contributed by atoms with Gasteiger partial charge in [0.2, 0.25) is 0 Å². The fourth-order valence-electron chi connectivity index (χ4n) is 9.04. The molecule has 54 heavy (non-hydrogen) atoms. The van der Waals surface area contributed by atoms with Gasteiger partial charge in [-0.05, 0) is 58.4 Å². The third-order valence-corrected chi connectivity index (χ3v) is 11.9. The number of aliphatic hydroxyl groups excluding tert-OH is 3. The van der Waals surface area contributed by atoms with E-state index in [4.69, 9.17) is 33.2 Å². The minimum absolute atomic E-state index is 0.00824. The van der Waals surface area contributed by atoms with Crippen LogP contribution in [0.1, 0.15) is 99.3 Å². The maximum atomic E-state index is 13.9. The third-order valence-electron chi connectivity index (χ3n) is 11.9. The standard InChI is InChI=1S/C39H50O15/c1-5-39(47)16-23(53-27-15-13-22(18(3)50-27)52-26-14-12-21(17(2)49-26)51-25-11-7-10-24(41)54-25)29-30(33(39)38(46)48-4)37(45)31-32(36(29)44)35(43)28-19(34(31)42)8-6-9-20(28)40/h6,8-9,17-18,21-27,31-33,40-41,44-45,47H,5,7,10-16H2,1-4H3/t17?,18?,21?,22?,23?,24?,25?,26?,27?,31?,32?,33?,39-/m1/s1. The van der Waals surface area contributed by atoms with Crippen LogP contribution in [0.4, 0.5) is 0 Å². The van der Waals surface area contributed by atoms with E-state index in [-0.39, 0.29) is 53.4 Å². The zero-order chi connectivity index (χ0) is 38.6. The number of carbonyl (C=O) groups excluding carboxylic acids is 3. The van der Waals surface area contributed by atoms with Crippen molar-refractivity contribution in [3.8, 4) is 5.75 Å². The molecule has 13 atom stereocenters. The third kappa shape index (κ3) is 6.87. The van der Waals surface area contributed by atoms with E-state index in [2.05, 4.69) is 0 Å². The highest BCUT2D eigenvalue weighted by molar-refractivity contribution is 6.19. The van der Waals surface area contributed by atoms with E-state index in [1.165, 1.54) is 18.2 Å². The Bertz CT molecular complexity index is 1700. The van der Waals surface area contributed by atoms with E-state index in [0.717, 1.165) is 13.5 Å². The van der Waals surface area contributed by atoms with Crippen LogP contribution in [-0.2, 0) is 38.0 Å². The summed E-state index contributed by atoms with van der Waals surface area (Å²) >= 11 is 0. The van der Waals surface area contributed by atoms with Crippen LogP contribution < -0.4 is 0 Å². The quantitative estimate of drug-likeness (QED) is 0.237. The minimum atomic E-state index is -1.85. The summed E-state index contributed by atoms with van der Waals surface area (Å²) in [6, 6.07) is 3.99. The summed E-state index contributed by atoms with van der Waals surface area (Å²) < 4.78 is 41.9. The lowest BCUT2D eigenvalue weighted by Gasteiger charge is -2.49. The van der Waals surface area contributed by atoms with Crippen molar-refractivity contribution in [1.82, 2.24) is 0 Å². The number of ether oxygens (including phenoxy) is 7. The average Bonchev–Trinajstić information content (AvgIpc) is 3.13. The molecule has 3 saturated heterocycles. The van der Waals surface area contributed by atoms with Crippen LogP contribution in [0.5, 0.6) is 5.75 Å². The summed E-state index contributed by atoms with van der Waals surface area (Å²) in [6.07, 6.45) is -1.26. The second-order valence-corrected chi connectivity index (χ2v) is 15.2. The Balaban J connectivity index is 1.09. The molecular formula is C39H50O15. The Kier molecular flexibility index (Phi) is 11.0. The van der Waals surface area contributed by atoms with E-state index >= 15 is 0 Å². The van der Waals surface area contributed by atoms with Crippen molar-refractivity contribution in [3.05, 3.63) is 52.0 Å². The number of ketones is 2. The first-order valence-corrected chi connectivity index (χ1v) is 18.9. The maximum absolute atomic E-state index is 13.9. The van der Waals surface area contributed by atoms with Crippen molar-refractivity contribution in [1.29, 1.82) is 0 Å². The lowest BCUT2D eigenvalue weighted by molar-refractivity contribution is -0.312. The van der Waals surface area contributed by atoms with E-state index in [9.17, 15) is 39.9 Å². The van der Waals surface area contributed by atoms with Gasteiger partial charge in [0, 0.05) is 36.0 Å². The number of hydrogen-bond donors (Lipinski definition) is 5. The summed E-state index contributed by atoms with van der Waals surface area (Å²) in [5.41, 5.74) is -2.59. The molecule has 1 aromatic rings. The predicted molar refractivity (Wildman–Crippen MR) is 185 cm³/mol. The highest BCUT2D eigenvalue weighted by atomic mass is 16.7. The molecule has 6 aliphatic rings. The Morgan fingerprint density at radius 3 is 2.00 bits per heavy atom. The Labute approximate surface area is 312 Å². The first kappa shape index (κ1) is 38.8. The number of phenols is 1. The van der Waals surface area contributed by atoms with Gasteiger partial charge in [0.15, 0.2) is 36.7 Å². The van der Waals surface area contributed by atoms with Crippen LogP contribution in [-0.4, -0.2) is 111 Å². The number of Topliss-reactive ketones (excluding diaryl/α,β-unsaturated/α-hetero) is 2. The number of fused-ring (bicyclic) bond motifs is 3. The fraction of sp³-hybridized carbons (Fsp3) is 0.667. The average molecular weight is 759 g/mol. The van der Waals surface area contributed by atoms with Gasteiger partial charge in [-0.15, -0.1) is 0 Å². The van der Waals surface area contributed by atoms with Gasteiger partial charge in [-0.2, -0.15) is 0 Å². The lowest BCUT2D eigenvalue weighted by Crippen LogP contribution is -2.55. The molecule has 0 spiro atoms. The van der Waals surface area contributed by atoms with Gasteiger partial charge in [0.05, 0.1) is 60.6 Å². The number of phenolic OH excluding ortho intramolecular Hbond substituents is 1. The first-order valence-electron chi connectivity index (χ1n) is 18.9. The number of allylic oxidation sites excluding steroid dienone is 2. The second kappa shape index (κ2) is 15.3. The molecule has 1 aromatic carbocycles. The van der Waals surface area contributed by atoms with Crippen molar-refractivity contribution < 1.29 is 73.1 Å². The number of esters is 1. The minimum Gasteiger partial charge on any atom is -0.511 e. The smallest absolute Gasteiger partial charge is 0.316 e. The molecule has 4 fully saturated rings. The molecule has 0 amide bonds. The number of benzene rings is 1. The van der Waals surface area contributed by atoms with Crippen molar-refractivity contribution in [2.24, 2.45) is 17.8 Å². The largest absolute Gasteiger partial charge is 0.511 e. The molecule has 296 valence electrons. The van der Waals surface area contributed by atoms with E-state index < -0.39 is 95.5 Å². The highest BCUT2D eigenvalue weighted by Gasteiger charge is 2.60. The van der Waals surface area contributed by atoms with E-state index in [1.807, 2.05) is 13.8 Å². The van der Waals surface area contributed by atoms with E-state index in [1.54, 1.807) is 6.92 Å². The van der Waals surface area contributed by atoms with Gasteiger partial charge in [-0.3, -0.25) is 14.4 Å². The van der Waals surface area contributed by atoms with Crippen LogP contribution in [0.15, 0.2) is 40.9 Å². The van der Waals surface area contributed by atoms with Gasteiger partial charge in [-0.25, -0.2) is 0 Å². The molecule has 0 bridgehead atoms. The van der Waals surface area contributed by atoms with Crippen LogP contribution in [0.2, 0.25) is 0 Å². The summed E-state index contributed by atoms with van der Waals surface area (Å²) in [7, 11) is 1.13. The molecule has 5 N–H and O–H groups in total. The number of hydrogen-bond acceptors (Lipinski definition) is 15. The molecule has 15 heteroatoms. The molecule has 3 aliphatic carbocycles. The molecule has 7 rings (SSSR count). The van der Waals surface area contributed by atoms with Gasteiger partial charge in [-0.1, -0.05) is 19.1 Å². The molecule has 1 saturated carbocycles. The SMILES string of the molecule is CC[C@@]1(O)CC(OC2CCC(OC3CCC(OC4CCCC(O)O4)C(C)O3)C(C)O2)C2=C(O)C3C(=O)c4c(O)cccc4C(=O)C3C(O)=C2C1C(=O)OC. The van der Waals surface area contributed by atoms with Crippen LogP contribution in [0, 0.1) is 17.8 Å². The molecule has 12 unspecified atom stereocenters. The summed E-state index contributed by atoms with van der Waals surface area (Å²) in [5, 5.41) is 56.2. The normalized spacial score (nSPS) is 39.8. The van der Waals surface area contributed by atoms with Crippen molar-refractivity contribution >= 4 is 17.5 Å². The Hall–Kier alpha value is -3.41. The number of aliphatic hydroxyl groups is 4. The van der Waals surface area contributed by atoms with Crippen molar-refractivity contribution in [3.63, 3.8) is 0 Å².